The van der Waals surface area contributed by atoms with Crippen LogP contribution in [0.1, 0.15) is 33.6 Å². The first-order valence-electron chi connectivity index (χ1n) is 8.68. The zero-order valence-corrected chi connectivity index (χ0v) is 15.6. The van der Waals surface area contributed by atoms with Crippen molar-refractivity contribution in [3.05, 3.63) is 82.3 Å². The van der Waals surface area contributed by atoms with Crippen LogP contribution in [-0.4, -0.2) is 28.1 Å². The van der Waals surface area contributed by atoms with Gasteiger partial charge in [0.25, 0.3) is 0 Å². The molecular weight excluding hydrogens is 360 g/mol. The largest absolute Gasteiger partial charge is 0.463 e. The molecule has 27 heavy (non-hydrogen) atoms. The van der Waals surface area contributed by atoms with E-state index in [9.17, 15) is 9.59 Å². The van der Waals surface area contributed by atoms with Crippen molar-refractivity contribution in [2.75, 3.05) is 6.61 Å². The van der Waals surface area contributed by atoms with Crippen LogP contribution >= 0.6 is 11.3 Å². The first-order valence-corrected chi connectivity index (χ1v) is 9.56. The van der Waals surface area contributed by atoms with E-state index < -0.39 is 5.97 Å². The first kappa shape index (κ1) is 18.8. The zero-order valence-electron chi connectivity index (χ0n) is 14.8. The van der Waals surface area contributed by atoms with Crippen molar-refractivity contribution >= 4 is 29.2 Å². The van der Waals surface area contributed by atoms with Gasteiger partial charge in [-0.25, -0.2) is 4.79 Å². The van der Waals surface area contributed by atoms with Crippen molar-refractivity contribution in [3.63, 3.8) is 0 Å². The van der Waals surface area contributed by atoms with Crippen LogP contribution in [0.3, 0.4) is 0 Å². The van der Waals surface area contributed by atoms with Crippen LogP contribution in [0.5, 0.6) is 0 Å². The molecule has 0 spiro atoms. The van der Waals surface area contributed by atoms with Crippen LogP contribution in [0, 0.1) is 0 Å². The van der Waals surface area contributed by atoms with E-state index in [2.05, 4.69) is 5.10 Å². The highest BCUT2D eigenvalue weighted by atomic mass is 32.1. The molecule has 0 aliphatic heterocycles. The Labute approximate surface area is 161 Å². The number of hydrogen-bond acceptors (Lipinski definition) is 5. The van der Waals surface area contributed by atoms with Gasteiger partial charge in [-0.15, -0.1) is 11.3 Å². The standard InChI is InChI=1S/C21H20N2O3S/c24-19(20-9-5-13-27-20)8-4-12-26-21(25)11-10-18-14-22-23(16-18)15-17-6-2-1-3-7-17/h1-3,5-7,9-11,13-14,16H,4,8,12,15H2/b11-10+. The Morgan fingerprint density at radius 2 is 2.00 bits per heavy atom. The smallest absolute Gasteiger partial charge is 0.330 e. The van der Waals surface area contributed by atoms with Crippen molar-refractivity contribution in [1.82, 2.24) is 9.78 Å². The lowest BCUT2D eigenvalue weighted by atomic mass is 10.2. The SMILES string of the molecule is O=C(/C=C/c1cnn(Cc2ccccc2)c1)OCCCC(=O)c1cccs1. The number of carbonyl (C=O) groups excluding carboxylic acids is 2. The lowest BCUT2D eigenvalue weighted by molar-refractivity contribution is -0.137. The summed E-state index contributed by atoms with van der Waals surface area (Å²) < 4.78 is 6.95. The molecule has 0 aliphatic rings. The molecule has 0 N–H and O–H groups in total. The first-order chi connectivity index (χ1) is 13.2. The van der Waals surface area contributed by atoms with Crippen molar-refractivity contribution in [3.8, 4) is 0 Å². The predicted molar refractivity (Wildman–Crippen MR) is 106 cm³/mol. The second-order valence-corrected chi connectivity index (χ2v) is 6.91. The van der Waals surface area contributed by atoms with Gasteiger partial charge in [-0.1, -0.05) is 36.4 Å². The molecule has 6 heteroatoms. The number of benzene rings is 1. The number of hydrogen-bond donors (Lipinski definition) is 0. The summed E-state index contributed by atoms with van der Waals surface area (Å²) in [6.07, 6.45) is 7.52. The van der Waals surface area contributed by atoms with Gasteiger partial charge < -0.3 is 4.74 Å². The Hall–Kier alpha value is -2.99. The van der Waals surface area contributed by atoms with Gasteiger partial charge in [0.2, 0.25) is 0 Å². The van der Waals surface area contributed by atoms with Crippen LogP contribution in [0.4, 0.5) is 0 Å². The Kier molecular flexibility index (Phi) is 6.71. The molecule has 2 heterocycles. The topological polar surface area (TPSA) is 61.2 Å². The zero-order chi connectivity index (χ0) is 18.9. The number of nitrogens with zero attached hydrogens (tertiary/aromatic N) is 2. The van der Waals surface area contributed by atoms with E-state index >= 15 is 0 Å². The fourth-order valence-corrected chi connectivity index (χ4v) is 3.20. The molecule has 5 nitrogen and oxygen atoms in total. The van der Waals surface area contributed by atoms with Crippen LogP contribution in [0.15, 0.2) is 66.3 Å². The van der Waals surface area contributed by atoms with Gasteiger partial charge in [0.1, 0.15) is 0 Å². The second-order valence-electron chi connectivity index (χ2n) is 5.96. The van der Waals surface area contributed by atoms with E-state index in [4.69, 9.17) is 4.74 Å². The highest BCUT2D eigenvalue weighted by molar-refractivity contribution is 7.12. The molecule has 0 unspecified atom stereocenters. The van der Waals surface area contributed by atoms with Gasteiger partial charge in [-0.05, 0) is 29.5 Å². The van der Waals surface area contributed by atoms with Crippen molar-refractivity contribution < 1.29 is 14.3 Å². The average Bonchev–Trinajstić information content (AvgIpc) is 3.36. The van der Waals surface area contributed by atoms with Gasteiger partial charge in [0.15, 0.2) is 5.78 Å². The number of rotatable bonds is 9. The monoisotopic (exact) mass is 380 g/mol. The van der Waals surface area contributed by atoms with Gasteiger partial charge >= 0.3 is 5.97 Å². The maximum Gasteiger partial charge on any atom is 0.330 e. The molecule has 0 radical (unpaired) electrons. The van der Waals surface area contributed by atoms with E-state index in [1.807, 2.05) is 52.7 Å². The molecule has 1 aromatic carbocycles. The number of carbonyl (C=O) groups is 2. The third-order valence-corrected chi connectivity index (χ3v) is 4.75. The molecule has 2 aromatic heterocycles. The second kappa shape index (κ2) is 9.64. The number of aromatic nitrogens is 2. The molecule has 0 atom stereocenters. The third-order valence-electron chi connectivity index (χ3n) is 3.84. The summed E-state index contributed by atoms with van der Waals surface area (Å²) in [5.74, 6) is -0.336. The lowest BCUT2D eigenvalue weighted by Crippen LogP contribution is -2.04. The number of Topliss-reactive ketones (excluding diaryl/α,β-unsaturated/α-hetero) is 1. The fourth-order valence-electron chi connectivity index (χ4n) is 2.50. The minimum Gasteiger partial charge on any atom is -0.463 e. The maximum atomic E-state index is 11.8. The van der Waals surface area contributed by atoms with Crippen molar-refractivity contribution in [1.29, 1.82) is 0 Å². The third kappa shape index (κ3) is 6.04. The van der Waals surface area contributed by atoms with E-state index in [-0.39, 0.29) is 12.4 Å². The minimum absolute atomic E-state index is 0.0856. The van der Waals surface area contributed by atoms with Crippen LogP contribution in [0.2, 0.25) is 0 Å². The Morgan fingerprint density at radius 3 is 2.78 bits per heavy atom. The molecule has 0 aliphatic carbocycles. The van der Waals surface area contributed by atoms with E-state index in [0.29, 0.717) is 19.4 Å². The normalized spacial score (nSPS) is 11.0. The molecule has 0 amide bonds. The number of ether oxygens (including phenoxy) is 1. The molecule has 3 rings (SSSR count). The number of esters is 1. The maximum absolute atomic E-state index is 11.8. The Balaban J connectivity index is 1.39. The van der Waals surface area contributed by atoms with Gasteiger partial charge in [0.05, 0.1) is 24.2 Å². The quantitative estimate of drug-likeness (QED) is 0.241. The molecule has 3 aromatic rings. The van der Waals surface area contributed by atoms with Crippen LogP contribution in [-0.2, 0) is 16.1 Å². The van der Waals surface area contributed by atoms with Gasteiger partial charge in [-0.3, -0.25) is 9.48 Å². The lowest BCUT2D eigenvalue weighted by Gasteiger charge is -2.01. The Morgan fingerprint density at radius 1 is 1.15 bits per heavy atom. The summed E-state index contributed by atoms with van der Waals surface area (Å²) >= 11 is 1.43. The minimum atomic E-state index is -0.422. The summed E-state index contributed by atoms with van der Waals surface area (Å²) in [5, 5.41) is 6.16. The molecule has 138 valence electrons. The highest BCUT2D eigenvalue weighted by Gasteiger charge is 2.07. The summed E-state index contributed by atoms with van der Waals surface area (Å²) in [6.45, 7) is 0.908. The fraction of sp³-hybridized carbons (Fsp3) is 0.190. The summed E-state index contributed by atoms with van der Waals surface area (Å²) in [4.78, 5) is 24.4. The number of ketones is 1. The molecular formula is C21H20N2O3S. The number of thiophene rings is 1. The molecule has 0 saturated heterocycles. The molecule has 0 fully saturated rings. The van der Waals surface area contributed by atoms with E-state index in [0.717, 1.165) is 16.0 Å². The highest BCUT2D eigenvalue weighted by Crippen LogP contribution is 2.12. The molecule has 0 bridgehead atoms. The summed E-state index contributed by atoms with van der Waals surface area (Å²) in [7, 11) is 0. The van der Waals surface area contributed by atoms with Crippen LogP contribution < -0.4 is 0 Å². The van der Waals surface area contributed by atoms with Gasteiger partial charge in [-0.2, -0.15) is 5.10 Å². The summed E-state index contributed by atoms with van der Waals surface area (Å²) in [5.41, 5.74) is 1.99. The van der Waals surface area contributed by atoms with Crippen molar-refractivity contribution in [2.24, 2.45) is 0 Å². The molecule has 0 saturated carbocycles. The Bertz CT molecular complexity index is 899. The van der Waals surface area contributed by atoms with Gasteiger partial charge in [0, 0.05) is 24.3 Å². The van der Waals surface area contributed by atoms with E-state index in [1.165, 1.54) is 17.4 Å². The summed E-state index contributed by atoms with van der Waals surface area (Å²) in [6, 6.07) is 13.7. The van der Waals surface area contributed by atoms with Crippen molar-refractivity contribution in [2.45, 2.75) is 19.4 Å². The van der Waals surface area contributed by atoms with E-state index in [1.54, 1.807) is 18.3 Å². The predicted octanol–water partition coefficient (Wildman–Crippen LogP) is 4.21. The average molecular weight is 380 g/mol. The van der Waals surface area contributed by atoms with Crippen LogP contribution in [0.25, 0.3) is 6.08 Å².